The Labute approximate surface area is 234 Å². The number of hydrogen-bond donors (Lipinski definition) is 0. The van der Waals surface area contributed by atoms with Crippen molar-refractivity contribution < 1.29 is 33.3 Å². The van der Waals surface area contributed by atoms with Gasteiger partial charge in [-0.05, 0) is 84.8 Å². The van der Waals surface area contributed by atoms with Gasteiger partial charge in [0.15, 0.2) is 0 Å². The zero-order valence-corrected chi connectivity index (χ0v) is 22.5. The number of carbonyl (C=O) groups excluding carboxylic acids is 3. The maximum absolute atomic E-state index is 12.6. The molecule has 3 aromatic rings. The van der Waals surface area contributed by atoms with Gasteiger partial charge in [0, 0.05) is 18.1 Å². The van der Waals surface area contributed by atoms with Gasteiger partial charge in [-0.2, -0.15) is 0 Å². The van der Waals surface area contributed by atoms with Crippen LogP contribution in [0.1, 0.15) is 48.0 Å². The Hall–Kier alpha value is -4.65. The summed E-state index contributed by atoms with van der Waals surface area (Å²) in [5.41, 5.74) is 3.84. The lowest BCUT2D eigenvalue weighted by molar-refractivity contribution is -0.139. The van der Waals surface area contributed by atoms with Crippen molar-refractivity contribution in [3.05, 3.63) is 102 Å². The maximum atomic E-state index is 12.6. The molecule has 1 unspecified atom stereocenters. The molecule has 0 aliphatic carbocycles. The molecule has 3 aromatic carbocycles. The molecule has 1 aliphatic heterocycles. The molecular formula is C33H32O7. The minimum Gasteiger partial charge on any atom is -0.494 e. The highest BCUT2D eigenvalue weighted by Crippen LogP contribution is 2.25. The second-order valence-electron chi connectivity index (χ2n) is 9.45. The molecule has 0 amide bonds. The molecule has 1 fully saturated rings. The van der Waals surface area contributed by atoms with Crippen molar-refractivity contribution in [3.8, 4) is 22.6 Å². The van der Waals surface area contributed by atoms with Gasteiger partial charge in [-0.25, -0.2) is 14.4 Å². The predicted octanol–water partition coefficient (Wildman–Crippen LogP) is 6.57. The fraction of sp³-hybridized carbons (Fsp3) is 0.242. The fourth-order valence-electron chi connectivity index (χ4n) is 4.22. The normalized spacial score (nSPS) is 14.7. The van der Waals surface area contributed by atoms with E-state index in [4.69, 9.17) is 14.2 Å². The van der Waals surface area contributed by atoms with Crippen LogP contribution in [-0.4, -0.2) is 37.7 Å². The quantitative estimate of drug-likeness (QED) is 0.111. The van der Waals surface area contributed by atoms with Gasteiger partial charge >= 0.3 is 17.9 Å². The summed E-state index contributed by atoms with van der Waals surface area (Å²) in [6, 6.07) is 21.9. The number of ether oxygens (including phenoxy) is 4. The Kier molecular flexibility index (Phi) is 9.88. The van der Waals surface area contributed by atoms with E-state index in [2.05, 4.69) is 11.3 Å². The summed E-state index contributed by atoms with van der Waals surface area (Å²) in [6.45, 7) is 4.28. The van der Waals surface area contributed by atoms with E-state index < -0.39 is 11.9 Å². The van der Waals surface area contributed by atoms with E-state index in [0.29, 0.717) is 35.7 Å². The van der Waals surface area contributed by atoms with Gasteiger partial charge in [-0.3, -0.25) is 0 Å². The minimum absolute atomic E-state index is 0.0345. The zero-order chi connectivity index (χ0) is 28.3. The van der Waals surface area contributed by atoms with Gasteiger partial charge in [0.1, 0.15) is 17.6 Å². The number of hydrogen-bond acceptors (Lipinski definition) is 7. The SMILES string of the molecule is C=C1CC(CCCCCOc2ccc(C(=O)Oc3ccc(-c4ccc(/C=C/C(=O)OC)cc4)cc3)cc2)OC1=O. The molecule has 1 saturated heterocycles. The fourth-order valence-corrected chi connectivity index (χ4v) is 4.22. The number of esters is 3. The Balaban J connectivity index is 1.19. The third kappa shape index (κ3) is 8.17. The van der Waals surface area contributed by atoms with E-state index in [9.17, 15) is 14.4 Å². The number of rotatable bonds is 12. The Morgan fingerprint density at radius 3 is 2.17 bits per heavy atom. The smallest absolute Gasteiger partial charge is 0.343 e. The van der Waals surface area contributed by atoms with Gasteiger partial charge in [-0.1, -0.05) is 43.0 Å². The van der Waals surface area contributed by atoms with Crippen LogP contribution >= 0.6 is 0 Å². The van der Waals surface area contributed by atoms with Crippen molar-refractivity contribution in [2.75, 3.05) is 13.7 Å². The molecule has 7 nitrogen and oxygen atoms in total. The van der Waals surface area contributed by atoms with Crippen LogP contribution in [0.4, 0.5) is 0 Å². The average molecular weight is 541 g/mol. The molecule has 0 spiro atoms. The first kappa shape index (κ1) is 28.4. The van der Waals surface area contributed by atoms with E-state index in [-0.39, 0.29) is 12.1 Å². The first-order chi connectivity index (χ1) is 19.4. The van der Waals surface area contributed by atoms with E-state index >= 15 is 0 Å². The Morgan fingerprint density at radius 1 is 0.900 bits per heavy atom. The number of benzene rings is 3. The van der Waals surface area contributed by atoms with Gasteiger partial charge in [0.05, 0.1) is 19.3 Å². The van der Waals surface area contributed by atoms with Gasteiger partial charge in [0.25, 0.3) is 0 Å². The van der Waals surface area contributed by atoms with Crippen molar-refractivity contribution in [3.63, 3.8) is 0 Å². The van der Waals surface area contributed by atoms with Crippen LogP contribution < -0.4 is 9.47 Å². The van der Waals surface area contributed by atoms with Gasteiger partial charge in [-0.15, -0.1) is 0 Å². The van der Waals surface area contributed by atoms with Crippen molar-refractivity contribution in [2.45, 2.75) is 38.2 Å². The molecule has 4 rings (SSSR count). The lowest BCUT2D eigenvalue weighted by Crippen LogP contribution is -2.08. The summed E-state index contributed by atoms with van der Waals surface area (Å²) < 4.78 is 21.1. The number of carbonyl (C=O) groups is 3. The molecule has 0 saturated carbocycles. The molecule has 40 heavy (non-hydrogen) atoms. The van der Waals surface area contributed by atoms with Crippen molar-refractivity contribution in [2.24, 2.45) is 0 Å². The summed E-state index contributed by atoms with van der Waals surface area (Å²) in [4.78, 5) is 35.2. The first-order valence-electron chi connectivity index (χ1n) is 13.2. The highest BCUT2D eigenvalue weighted by atomic mass is 16.6. The molecular weight excluding hydrogens is 508 g/mol. The van der Waals surface area contributed by atoms with Crippen LogP contribution in [0.15, 0.2) is 91.0 Å². The summed E-state index contributed by atoms with van der Waals surface area (Å²) in [6.07, 6.45) is 7.32. The molecule has 0 aromatic heterocycles. The van der Waals surface area contributed by atoms with Crippen LogP contribution in [0.5, 0.6) is 11.5 Å². The lowest BCUT2D eigenvalue weighted by atomic mass is 10.0. The second kappa shape index (κ2) is 13.9. The largest absolute Gasteiger partial charge is 0.494 e. The molecule has 206 valence electrons. The van der Waals surface area contributed by atoms with E-state index in [1.54, 1.807) is 42.5 Å². The Bertz CT molecular complexity index is 1340. The third-order valence-corrected chi connectivity index (χ3v) is 6.49. The third-order valence-electron chi connectivity index (χ3n) is 6.49. The highest BCUT2D eigenvalue weighted by molar-refractivity contribution is 5.91. The van der Waals surface area contributed by atoms with Crippen molar-refractivity contribution >= 4 is 24.0 Å². The zero-order valence-electron chi connectivity index (χ0n) is 22.5. The van der Waals surface area contributed by atoms with Crippen LogP contribution in [0, 0.1) is 0 Å². The first-order valence-corrected chi connectivity index (χ1v) is 13.2. The summed E-state index contributed by atoms with van der Waals surface area (Å²) >= 11 is 0. The highest BCUT2D eigenvalue weighted by Gasteiger charge is 2.26. The minimum atomic E-state index is -0.448. The van der Waals surface area contributed by atoms with Gasteiger partial charge < -0.3 is 18.9 Å². The van der Waals surface area contributed by atoms with E-state index in [1.165, 1.54) is 13.2 Å². The second-order valence-corrected chi connectivity index (χ2v) is 9.45. The topological polar surface area (TPSA) is 88.1 Å². The maximum Gasteiger partial charge on any atom is 0.343 e. The van der Waals surface area contributed by atoms with Crippen LogP contribution in [0.25, 0.3) is 17.2 Å². The predicted molar refractivity (Wildman–Crippen MR) is 152 cm³/mol. The van der Waals surface area contributed by atoms with Crippen LogP contribution in [-0.2, 0) is 19.1 Å². The molecule has 0 radical (unpaired) electrons. The summed E-state index contributed by atoms with van der Waals surface area (Å²) in [5, 5.41) is 0. The molecule has 0 bridgehead atoms. The van der Waals surface area contributed by atoms with Crippen LogP contribution in [0.3, 0.4) is 0 Å². The monoisotopic (exact) mass is 540 g/mol. The number of unbranched alkanes of at least 4 members (excludes halogenated alkanes) is 2. The molecule has 7 heteroatoms. The Morgan fingerprint density at radius 2 is 1.55 bits per heavy atom. The molecule has 1 heterocycles. The lowest BCUT2D eigenvalue weighted by Gasteiger charge is -2.09. The van der Waals surface area contributed by atoms with Crippen LogP contribution in [0.2, 0.25) is 0 Å². The number of cyclic esters (lactones) is 1. The van der Waals surface area contributed by atoms with Gasteiger partial charge in [0.2, 0.25) is 0 Å². The summed E-state index contributed by atoms with van der Waals surface area (Å²) in [5.74, 6) is 0.0123. The summed E-state index contributed by atoms with van der Waals surface area (Å²) in [7, 11) is 1.34. The van der Waals surface area contributed by atoms with Crippen molar-refractivity contribution in [1.82, 2.24) is 0 Å². The van der Waals surface area contributed by atoms with Crippen molar-refractivity contribution in [1.29, 1.82) is 0 Å². The molecule has 1 atom stereocenters. The van der Waals surface area contributed by atoms with E-state index in [0.717, 1.165) is 42.4 Å². The standard InChI is InChI=1S/C33H32O7/c1-23-22-30(40-32(23)35)6-4-3-5-21-38-28-16-14-27(15-17-28)33(36)39-29-18-12-26(13-19-29)25-10-7-24(8-11-25)9-20-31(34)37-2/h7-20,30H,1,3-6,21-22H2,2H3/b20-9+. The number of methoxy groups -OCH3 is 1. The molecule has 1 aliphatic rings. The average Bonchev–Trinajstić information content (AvgIpc) is 3.30. The van der Waals surface area contributed by atoms with E-state index in [1.807, 2.05) is 36.4 Å². The molecule has 0 N–H and O–H groups in total.